The molecule has 0 bridgehead atoms. The quantitative estimate of drug-likeness (QED) is 0.256. The Morgan fingerprint density at radius 3 is 2.29 bits per heavy atom. The van der Waals surface area contributed by atoms with Crippen molar-refractivity contribution in [1.82, 2.24) is 4.98 Å². The summed E-state index contributed by atoms with van der Waals surface area (Å²) in [5, 5.41) is 13.7. The second-order valence-electron chi connectivity index (χ2n) is 6.99. The third-order valence-electron chi connectivity index (χ3n) is 4.64. The van der Waals surface area contributed by atoms with E-state index in [1.807, 2.05) is 60.7 Å². The van der Waals surface area contributed by atoms with Crippen LogP contribution < -0.4 is 4.74 Å². The molecule has 3 aromatic rings. The number of pyridine rings is 1. The summed E-state index contributed by atoms with van der Waals surface area (Å²) in [6.07, 6.45) is 5.40. The molecule has 1 unspecified atom stereocenters. The number of aliphatic carboxylic acids is 1. The second kappa shape index (κ2) is 12.1. The molecule has 1 aromatic heterocycles. The molecule has 0 radical (unpaired) electrons. The molecule has 3 rings (SSSR count). The number of hydrogen-bond acceptors (Lipinski definition) is 5. The van der Waals surface area contributed by atoms with E-state index < -0.39 is 12.1 Å². The molecule has 1 atom stereocenters. The molecule has 0 aliphatic rings. The largest absolute Gasteiger partial charge is 0.479 e. The van der Waals surface area contributed by atoms with Crippen LogP contribution in [0.5, 0.6) is 5.75 Å². The molecule has 31 heavy (non-hydrogen) atoms. The monoisotopic (exact) mass is 418 g/mol. The summed E-state index contributed by atoms with van der Waals surface area (Å²) in [6, 6.07) is 22.7. The average molecular weight is 418 g/mol. The number of carboxylic acid groups (broad SMARTS) is 1. The fourth-order valence-corrected chi connectivity index (χ4v) is 3.05. The van der Waals surface area contributed by atoms with E-state index in [0.717, 1.165) is 36.1 Å². The van der Waals surface area contributed by atoms with Crippen LogP contribution in [0, 0.1) is 0 Å². The topological polar surface area (TPSA) is 81.0 Å². The lowest BCUT2D eigenvalue weighted by Crippen LogP contribution is -2.26. The van der Waals surface area contributed by atoms with Crippen molar-refractivity contribution in [3.8, 4) is 5.75 Å². The highest BCUT2D eigenvalue weighted by molar-refractivity contribution is 6.12. The first kappa shape index (κ1) is 22.0. The molecule has 0 amide bonds. The number of carboxylic acids is 1. The molecule has 1 N–H and O–H groups in total. The zero-order valence-corrected chi connectivity index (χ0v) is 17.3. The van der Waals surface area contributed by atoms with Crippen molar-refractivity contribution < 1.29 is 19.5 Å². The maximum Gasteiger partial charge on any atom is 0.344 e. The third-order valence-corrected chi connectivity index (χ3v) is 4.64. The van der Waals surface area contributed by atoms with Crippen molar-refractivity contribution in [2.45, 2.75) is 31.8 Å². The zero-order chi connectivity index (χ0) is 21.7. The number of aromatic nitrogens is 1. The van der Waals surface area contributed by atoms with E-state index >= 15 is 0 Å². The highest BCUT2D eigenvalue weighted by atomic mass is 16.6. The number of ether oxygens (including phenoxy) is 1. The van der Waals surface area contributed by atoms with Gasteiger partial charge in [-0.05, 0) is 49.9 Å². The molecular formula is C25H26N2O4. The van der Waals surface area contributed by atoms with Crippen LogP contribution in [-0.2, 0) is 9.63 Å². The van der Waals surface area contributed by atoms with E-state index in [1.54, 1.807) is 24.5 Å². The first-order chi connectivity index (χ1) is 15.2. The summed E-state index contributed by atoms with van der Waals surface area (Å²) in [5.41, 5.74) is 2.57. The molecule has 0 aliphatic carbocycles. The molecule has 0 fully saturated rings. The lowest BCUT2D eigenvalue weighted by molar-refractivity contribution is -0.145. The van der Waals surface area contributed by atoms with Crippen molar-refractivity contribution >= 4 is 11.7 Å². The number of unbranched alkanes of at least 4 members (excludes halogenated alkanes) is 2. The van der Waals surface area contributed by atoms with Crippen LogP contribution >= 0.6 is 0 Å². The van der Waals surface area contributed by atoms with E-state index in [0.29, 0.717) is 18.8 Å². The van der Waals surface area contributed by atoms with Gasteiger partial charge in [0.15, 0.2) is 6.10 Å². The number of rotatable bonds is 12. The van der Waals surface area contributed by atoms with Gasteiger partial charge in [0.1, 0.15) is 18.1 Å². The summed E-state index contributed by atoms with van der Waals surface area (Å²) in [6.45, 7) is 0.452. The molecule has 0 saturated carbocycles. The first-order valence-electron chi connectivity index (χ1n) is 10.3. The highest BCUT2D eigenvalue weighted by Crippen LogP contribution is 2.15. The fraction of sp³-hybridized carbons (Fsp3) is 0.240. The van der Waals surface area contributed by atoms with Crippen molar-refractivity contribution in [2.75, 3.05) is 6.61 Å². The summed E-state index contributed by atoms with van der Waals surface area (Å²) in [4.78, 5) is 21.2. The van der Waals surface area contributed by atoms with Crippen LogP contribution in [0.1, 0.15) is 36.8 Å². The Morgan fingerprint density at radius 1 is 0.903 bits per heavy atom. The lowest BCUT2D eigenvalue weighted by Gasteiger charge is -2.14. The number of oxime groups is 1. The third kappa shape index (κ3) is 7.26. The number of benzene rings is 2. The predicted molar refractivity (Wildman–Crippen MR) is 119 cm³/mol. The van der Waals surface area contributed by atoms with Crippen molar-refractivity contribution in [1.29, 1.82) is 0 Å². The Balaban J connectivity index is 1.45. The van der Waals surface area contributed by atoms with Gasteiger partial charge in [0.05, 0.1) is 0 Å². The van der Waals surface area contributed by atoms with Crippen molar-refractivity contribution in [3.05, 3.63) is 96.3 Å². The Bertz CT molecular complexity index is 906. The van der Waals surface area contributed by atoms with Gasteiger partial charge in [-0.2, -0.15) is 0 Å². The average Bonchev–Trinajstić information content (AvgIpc) is 2.82. The smallest absolute Gasteiger partial charge is 0.344 e. The molecule has 6 nitrogen and oxygen atoms in total. The van der Waals surface area contributed by atoms with Gasteiger partial charge in [-0.25, -0.2) is 4.79 Å². The molecular weight excluding hydrogens is 392 g/mol. The van der Waals surface area contributed by atoms with E-state index in [-0.39, 0.29) is 0 Å². The Hall–Kier alpha value is -3.67. The summed E-state index contributed by atoms with van der Waals surface area (Å²) < 4.78 is 5.57. The minimum Gasteiger partial charge on any atom is -0.479 e. The highest BCUT2D eigenvalue weighted by Gasteiger charge is 2.18. The molecule has 160 valence electrons. The van der Waals surface area contributed by atoms with Crippen LogP contribution in [0.15, 0.2) is 90.3 Å². The molecule has 0 saturated heterocycles. The van der Waals surface area contributed by atoms with Crippen LogP contribution in [0.3, 0.4) is 0 Å². The van der Waals surface area contributed by atoms with Gasteiger partial charge in [0.25, 0.3) is 0 Å². The summed E-state index contributed by atoms with van der Waals surface area (Å²) in [5.74, 6) is -0.384. The van der Waals surface area contributed by atoms with Gasteiger partial charge >= 0.3 is 5.97 Å². The molecule has 2 aromatic carbocycles. The number of nitrogens with zero attached hydrogens (tertiary/aromatic N) is 2. The normalized spacial score (nSPS) is 12.2. The number of para-hydroxylation sites is 1. The minimum absolute atomic E-state index is 0.443. The van der Waals surface area contributed by atoms with Gasteiger partial charge < -0.3 is 14.7 Å². The first-order valence-corrected chi connectivity index (χ1v) is 10.3. The molecule has 0 spiro atoms. The lowest BCUT2D eigenvalue weighted by atomic mass is 10.0. The maximum atomic E-state index is 11.4. The molecule has 0 aliphatic heterocycles. The SMILES string of the molecule is O=C(O)C(CCCCCON=C(c1ccccc1)c1cccnc1)Oc1ccccc1. The number of hydrogen-bond donors (Lipinski definition) is 1. The van der Waals surface area contributed by atoms with Crippen molar-refractivity contribution in [2.24, 2.45) is 5.16 Å². The van der Waals surface area contributed by atoms with E-state index in [4.69, 9.17) is 9.57 Å². The molecule has 6 heteroatoms. The van der Waals surface area contributed by atoms with Crippen LogP contribution in [-0.4, -0.2) is 34.5 Å². The number of carbonyl (C=O) groups is 1. The van der Waals surface area contributed by atoms with Gasteiger partial charge in [0.2, 0.25) is 0 Å². The van der Waals surface area contributed by atoms with Crippen molar-refractivity contribution in [3.63, 3.8) is 0 Å². The summed E-state index contributed by atoms with van der Waals surface area (Å²) >= 11 is 0. The van der Waals surface area contributed by atoms with Gasteiger partial charge in [-0.1, -0.05) is 53.7 Å². The predicted octanol–water partition coefficient (Wildman–Crippen LogP) is 4.94. The van der Waals surface area contributed by atoms with Gasteiger partial charge in [0, 0.05) is 23.5 Å². The van der Waals surface area contributed by atoms with Crippen LogP contribution in [0.25, 0.3) is 0 Å². The Kier molecular flexibility index (Phi) is 8.61. The van der Waals surface area contributed by atoms with Crippen LogP contribution in [0.2, 0.25) is 0 Å². The fourth-order valence-electron chi connectivity index (χ4n) is 3.05. The zero-order valence-electron chi connectivity index (χ0n) is 17.3. The van der Waals surface area contributed by atoms with Gasteiger partial charge in [-0.15, -0.1) is 0 Å². The minimum atomic E-state index is -0.950. The summed E-state index contributed by atoms with van der Waals surface area (Å²) in [7, 11) is 0. The van der Waals surface area contributed by atoms with E-state index in [2.05, 4.69) is 10.1 Å². The van der Waals surface area contributed by atoms with E-state index in [1.165, 1.54) is 0 Å². The Morgan fingerprint density at radius 2 is 1.61 bits per heavy atom. The maximum absolute atomic E-state index is 11.4. The second-order valence-corrected chi connectivity index (χ2v) is 6.99. The van der Waals surface area contributed by atoms with Crippen LogP contribution in [0.4, 0.5) is 0 Å². The standard InChI is InChI=1S/C25H26N2O4/c28-25(29)23(31-22-14-6-2-7-15-22)16-8-3-9-18-30-27-24(20-11-4-1-5-12-20)21-13-10-17-26-19-21/h1-2,4-7,10-15,17,19,23H,3,8-9,16,18H2,(H,28,29). The van der Waals surface area contributed by atoms with Gasteiger partial charge in [-0.3, -0.25) is 4.98 Å². The van der Waals surface area contributed by atoms with E-state index in [9.17, 15) is 9.90 Å². The molecule has 1 heterocycles. The Labute approximate surface area is 182 Å².